The molecule has 0 aromatic heterocycles. The fourth-order valence-corrected chi connectivity index (χ4v) is 1.58. The van der Waals surface area contributed by atoms with Crippen LogP contribution in [0.25, 0.3) is 0 Å². The first kappa shape index (κ1) is 6.16. The minimum absolute atomic E-state index is 0.728. The molecule has 2 rings (SSSR count). The van der Waals surface area contributed by atoms with Crippen LogP contribution in [-0.4, -0.2) is 43.5 Å². The van der Waals surface area contributed by atoms with E-state index in [4.69, 9.17) is 0 Å². The van der Waals surface area contributed by atoms with Gasteiger partial charge in [0.25, 0.3) is 0 Å². The van der Waals surface area contributed by atoms with Crippen LogP contribution in [0.5, 0.6) is 0 Å². The van der Waals surface area contributed by atoms with Crippen molar-refractivity contribution in [3.63, 3.8) is 0 Å². The number of rotatable bonds is 0. The van der Waals surface area contributed by atoms with Crippen LogP contribution in [-0.2, 0) is 0 Å². The average Bonchev–Trinajstić information content (AvgIpc) is 2.05. The molecule has 2 heterocycles. The molecule has 0 bridgehead atoms. The van der Waals surface area contributed by atoms with Gasteiger partial charge in [0.2, 0.25) is 0 Å². The van der Waals surface area contributed by atoms with Gasteiger partial charge in [0, 0.05) is 32.2 Å². The van der Waals surface area contributed by atoms with Crippen LogP contribution in [0.2, 0.25) is 0 Å². The summed E-state index contributed by atoms with van der Waals surface area (Å²) in [6.45, 7) is 4.41. The highest BCUT2D eigenvalue weighted by Gasteiger charge is 2.20. The van der Waals surface area contributed by atoms with Gasteiger partial charge in [-0.25, -0.2) is 0 Å². The molecule has 1 N–H and O–H groups in total. The smallest absolute Gasteiger partial charge is 0.0853 e. The minimum Gasteiger partial charge on any atom is -0.357 e. The normalized spacial score (nSPS) is 32.0. The Hall–Kier alpha value is -0.570. The van der Waals surface area contributed by atoms with Gasteiger partial charge in [-0.05, 0) is 6.42 Å². The first-order valence-corrected chi connectivity index (χ1v) is 3.93. The molecule has 0 aromatic rings. The van der Waals surface area contributed by atoms with E-state index in [1.165, 1.54) is 6.42 Å². The van der Waals surface area contributed by atoms with Gasteiger partial charge in [0.15, 0.2) is 0 Å². The Bertz CT molecular complexity index is 144. The molecule has 0 aromatic carbocycles. The van der Waals surface area contributed by atoms with Gasteiger partial charge in [-0.1, -0.05) is 0 Å². The fourth-order valence-electron chi connectivity index (χ4n) is 1.58. The van der Waals surface area contributed by atoms with E-state index in [2.05, 4.69) is 15.2 Å². The molecular weight excluding hydrogens is 126 g/mol. The minimum atomic E-state index is 0.728. The molecular formula is C7H13N3. The second kappa shape index (κ2) is 2.58. The Morgan fingerprint density at radius 2 is 2.60 bits per heavy atom. The van der Waals surface area contributed by atoms with Crippen molar-refractivity contribution < 1.29 is 0 Å². The summed E-state index contributed by atoms with van der Waals surface area (Å²) in [5.41, 5.74) is 0. The molecule has 3 heteroatoms. The number of aliphatic imine (C=N–C) groups is 1. The maximum atomic E-state index is 4.23. The average molecular weight is 139 g/mol. The molecule has 1 fully saturated rings. The Morgan fingerprint density at radius 1 is 1.60 bits per heavy atom. The first-order valence-electron chi connectivity index (χ1n) is 3.93. The molecule has 0 amide bonds. The zero-order valence-electron chi connectivity index (χ0n) is 6.08. The standard InChI is InChI=1S/C7H13N3/c1-2-9-6-10-4-3-8-5-7(1)10/h6-8H,1-5H2. The van der Waals surface area contributed by atoms with Gasteiger partial charge >= 0.3 is 0 Å². The number of fused-ring (bicyclic) bond motifs is 1. The van der Waals surface area contributed by atoms with E-state index in [1.807, 2.05) is 6.34 Å². The molecule has 10 heavy (non-hydrogen) atoms. The van der Waals surface area contributed by atoms with Crippen molar-refractivity contribution >= 4 is 6.34 Å². The fraction of sp³-hybridized carbons (Fsp3) is 0.857. The van der Waals surface area contributed by atoms with E-state index in [0.29, 0.717) is 0 Å². The molecule has 1 atom stereocenters. The zero-order chi connectivity index (χ0) is 6.81. The summed E-state index contributed by atoms with van der Waals surface area (Å²) in [6.07, 6.45) is 3.23. The van der Waals surface area contributed by atoms with Gasteiger partial charge in [0.1, 0.15) is 0 Å². The third-order valence-electron chi connectivity index (χ3n) is 2.22. The van der Waals surface area contributed by atoms with Crippen LogP contribution in [0.15, 0.2) is 4.99 Å². The van der Waals surface area contributed by atoms with Crippen molar-refractivity contribution in [3.05, 3.63) is 0 Å². The Labute approximate surface area is 61.1 Å². The molecule has 3 nitrogen and oxygen atoms in total. The van der Waals surface area contributed by atoms with E-state index in [0.717, 1.165) is 32.2 Å². The summed E-state index contributed by atoms with van der Waals surface area (Å²) < 4.78 is 0. The van der Waals surface area contributed by atoms with Crippen LogP contribution in [0, 0.1) is 0 Å². The van der Waals surface area contributed by atoms with Crippen molar-refractivity contribution in [3.8, 4) is 0 Å². The topological polar surface area (TPSA) is 27.6 Å². The highest BCUT2D eigenvalue weighted by Crippen LogP contribution is 2.08. The van der Waals surface area contributed by atoms with E-state index in [-0.39, 0.29) is 0 Å². The number of hydrogen-bond donors (Lipinski definition) is 1. The molecule has 2 aliphatic heterocycles. The summed E-state index contributed by atoms with van der Waals surface area (Å²) in [5, 5.41) is 3.38. The molecule has 1 unspecified atom stereocenters. The summed E-state index contributed by atoms with van der Waals surface area (Å²) in [7, 11) is 0. The lowest BCUT2D eigenvalue weighted by atomic mass is 10.1. The second-order valence-electron chi connectivity index (χ2n) is 2.91. The van der Waals surface area contributed by atoms with Gasteiger partial charge < -0.3 is 10.2 Å². The van der Waals surface area contributed by atoms with Gasteiger partial charge in [0.05, 0.1) is 6.34 Å². The second-order valence-corrected chi connectivity index (χ2v) is 2.91. The van der Waals surface area contributed by atoms with Gasteiger partial charge in [-0.15, -0.1) is 0 Å². The molecule has 0 spiro atoms. The summed E-state index contributed by atoms with van der Waals surface area (Å²) >= 11 is 0. The maximum Gasteiger partial charge on any atom is 0.0853 e. The van der Waals surface area contributed by atoms with Crippen molar-refractivity contribution in [2.45, 2.75) is 12.5 Å². The number of hydrogen-bond acceptors (Lipinski definition) is 3. The first-order chi connectivity index (χ1) is 4.97. The quantitative estimate of drug-likeness (QED) is 0.498. The number of nitrogens with one attached hydrogen (secondary N) is 1. The van der Waals surface area contributed by atoms with Crippen molar-refractivity contribution in [2.24, 2.45) is 4.99 Å². The summed E-state index contributed by atoms with van der Waals surface area (Å²) in [6, 6.07) is 0.728. The van der Waals surface area contributed by atoms with Crippen LogP contribution in [0.3, 0.4) is 0 Å². The monoisotopic (exact) mass is 139 g/mol. The van der Waals surface area contributed by atoms with Crippen LogP contribution < -0.4 is 5.32 Å². The molecule has 0 saturated carbocycles. The largest absolute Gasteiger partial charge is 0.357 e. The van der Waals surface area contributed by atoms with Gasteiger partial charge in [-0.2, -0.15) is 0 Å². The van der Waals surface area contributed by atoms with E-state index in [9.17, 15) is 0 Å². The number of piperazine rings is 1. The molecule has 0 aliphatic carbocycles. The maximum absolute atomic E-state index is 4.23. The third kappa shape index (κ3) is 1.01. The third-order valence-corrected chi connectivity index (χ3v) is 2.22. The van der Waals surface area contributed by atoms with Crippen molar-refractivity contribution in [1.82, 2.24) is 10.2 Å². The summed E-state index contributed by atoms with van der Waals surface area (Å²) in [5.74, 6) is 0. The van der Waals surface area contributed by atoms with Gasteiger partial charge in [-0.3, -0.25) is 4.99 Å². The summed E-state index contributed by atoms with van der Waals surface area (Å²) in [4.78, 5) is 6.58. The van der Waals surface area contributed by atoms with Crippen molar-refractivity contribution in [2.75, 3.05) is 26.2 Å². The lowest BCUT2D eigenvalue weighted by Gasteiger charge is -2.36. The van der Waals surface area contributed by atoms with E-state index < -0.39 is 0 Å². The predicted octanol–water partition coefficient (Wildman–Crippen LogP) is -0.308. The highest BCUT2D eigenvalue weighted by molar-refractivity contribution is 5.56. The van der Waals surface area contributed by atoms with Crippen LogP contribution in [0.1, 0.15) is 6.42 Å². The highest BCUT2D eigenvalue weighted by atomic mass is 15.2. The zero-order valence-corrected chi connectivity index (χ0v) is 6.08. The molecule has 56 valence electrons. The van der Waals surface area contributed by atoms with Crippen LogP contribution in [0.4, 0.5) is 0 Å². The molecule has 0 radical (unpaired) electrons. The lowest BCUT2D eigenvalue weighted by Crippen LogP contribution is -2.52. The van der Waals surface area contributed by atoms with E-state index >= 15 is 0 Å². The molecule has 1 saturated heterocycles. The van der Waals surface area contributed by atoms with Crippen molar-refractivity contribution in [1.29, 1.82) is 0 Å². The number of nitrogens with zero attached hydrogens (tertiary/aromatic N) is 2. The molecule has 2 aliphatic rings. The van der Waals surface area contributed by atoms with Crippen LogP contribution >= 0.6 is 0 Å². The Morgan fingerprint density at radius 3 is 3.50 bits per heavy atom. The Balaban J connectivity index is 2.03. The predicted molar refractivity (Wildman–Crippen MR) is 41.3 cm³/mol. The Kier molecular flexibility index (Phi) is 1.59. The van der Waals surface area contributed by atoms with E-state index in [1.54, 1.807) is 0 Å². The SMILES string of the molecule is C1=NCCC2CNCCN12. The lowest BCUT2D eigenvalue weighted by molar-refractivity contribution is 0.244.